The molecule has 1 heterocycles. The van der Waals surface area contributed by atoms with Gasteiger partial charge in [0.25, 0.3) is 0 Å². The number of aryl methyl sites for hydroxylation is 1. The predicted octanol–water partition coefficient (Wildman–Crippen LogP) is 5.99. The molecule has 4 rings (SSSR count). The molecule has 1 aromatic heterocycles. The zero-order valence-corrected chi connectivity index (χ0v) is 13.2. The van der Waals surface area contributed by atoms with Gasteiger partial charge in [-0.3, -0.25) is 0 Å². The van der Waals surface area contributed by atoms with E-state index < -0.39 is 0 Å². The van der Waals surface area contributed by atoms with Crippen molar-refractivity contribution >= 4 is 31.5 Å². The van der Waals surface area contributed by atoms with Gasteiger partial charge in [0, 0.05) is 20.2 Å². The molecule has 0 bridgehead atoms. The van der Waals surface area contributed by atoms with E-state index in [0.717, 1.165) is 17.5 Å². The molecule has 22 heavy (non-hydrogen) atoms. The summed E-state index contributed by atoms with van der Waals surface area (Å²) >= 11 is 1.83. The summed E-state index contributed by atoms with van der Waals surface area (Å²) in [6.07, 6.45) is 0.838. The van der Waals surface area contributed by atoms with Crippen LogP contribution in [0.25, 0.3) is 31.3 Å². The standard InChI is InChI=1S/C20H16OS/c1-2-13-11-14(8-10-18(13)21)15-7-9-17-16-5-3-4-6-19(16)22-20(17)12-15/h3-12,21H,2H2,1H3. The first-order valence-electron chi connectivity index (χ1n) is 7.50. The number of phenols is 1. The van der Waals surface area contributed by atoms with Crippen LogP contribution in [-0.2, 0) is 6.42 Å². The fourth-order valence-electron chi connectivity index (χ4n) is 2.95. The smallest absolute Gasteiger partial charge is 0.118 e. The van der Waals surface area contributed by atoms with Crippen LogP contribution in [0, 0.1) is 0 Å². The summed E-state index contributed by atoms with van der Waals surface area (Å²) < 4.78 is 2.64. The average Bonchev–Trinajstić information content (AvgIpc) is 2.93. The molecule has 0 fully saturated rings. The SMILES string of the molecule is CCc1cc(-c2ccc3c(c2)sc2ccccc23)ccc1O. The normalized spacial score (nSPS) is 11.3. The molecule has 3 aromatic carbocycles. The minimum atomic E-state index is 0.384. The molecule has 2 heteroatoms. The summed E-state index contributed by atoms with van der Waals surface area (Å²) in [5.41, 5.74) is 3.36. The Hall–Kier alpha value is -2.32. The van der Waals surface area contributed by atoms with Crippen molar-refractivity contribution in [2.24, 2.45) is 0 Å². The number of thiophene rings is 1. The number of hydrogen-bond donors (Lipinski definition) is 1. The van der Waals surface area contributed by atoms with E-state index in [1.54, 1.807) is 6.07 Å². The van der Waals surface area contributed by atoms with Gasteiger partial charge >= 0.3 is 0 Å². The number of rotatable bonds is 2. The number of aromatic hydroxyl groups is 1. The molecule has 0 amide bonds. The topological polar surface area (TPSA) is 20.2 Å². The molecular weight excluding hydrogens is 288 g/mol. The fourth-order valence-corrected chi connectivity index (χ4v) is 4.10. The van der Waals surface area contributed by atoms with Gasteiger partial charge in [0.2, 0.25) is 0 Å². The Morgan fingerprint density at radius 3 is 2.41 bits per heavy atom. The maximum atomic E-state index is 9.85. The van der Waals surface area contributed by atoms with E-state index in [4.69, 9.17) is 0 Å². The van der Waals surface area contributed by atoms with Gasteiger partial charge in [0.15, 0.2) is 0 Å². The third-order valence-corrected chi connectivity index (χ3v) is 5.31. The Kier molecular flexibility index (Phi) is 3.12. The van der Waals surface area contributed by atoms with Crippen molar-refractivity contribution in [3.63, 3.8) is 0 Å². The van der Waals surface area contributed by atoms with Gasteiger partial charge in [0.1, 0.15) is 5.75 Å². The Bertz CT molecular complexity index is 982. The molecular formula is C20H16OS. The van der Waals surface area contributed by atoms with E-state index in [1.165, 1.54) is 25.7 Å². The molecule has 0 saturated carbocycles. The highest BCUT2D eigenvalue weighted by atomic mass is 32.1. The maximum Gasteiger partial charge on any atom is 0.118 e. The lowest BCUT2D eigenvalue weighted by Gasteiger charge is -2.06. The van der Waals surface area contributed by atoms with Crippen LogP contribution in [0.3, 0.4) is 0 Å². The second-order valence-corrected chi connectivity index (χ2v) is 6.59. The lowest BCUT2D eigenvalue weighted by Crippen LogP contribution is -1.84. The molecule has 0 spiro atoms. The third kappa shape index (κ3) is 2.08. The van der Waals surface area contributed by atoms with Crippen LogP contribution < -0.4 is 0 Å². The summed E-state index contributed by atoms with van der Waals surface area (Å²) in [5.74, 6) is 0.384. The number of hydrogen-bond acceptors (Lipinski definition) is 2. The zero-order valence-electron chi connectivity index (χ0n) is 12.3. The number of fused-ring (bicyclic) bond motifs is 3. The van der Waals surface area contributed by atoms with Crippen LogP contribution in [-0.4, -0.2) is 5.11 Å². The highest BCUT2D eigenvalue weighted by molar-refractivity contribution is 7.25. The lowest BCUT2D eigenvalue weighted by molar-refractivity contribution is 0.469. The van der Waals surface area contributed by atoms with Gasteiger partial charge in [-0.25, -0.2) is 0 Å². The maximum absolute atomic E-state index is 9.85. The minimum Gasteiger partial charge on any atom is -0.508 e. The number of phenolic OH excluding ortho intramolecular Hbond substituents is 1. The Morgan fingerprint density at radius 1 is 0.818 bits per heavy atom. The van der Waals surface area contributed by atoms with Gasteiger partial charge in [-0.2, -0.15) is 0 Å². The zero-order chi connectivity index (χ0) is 15.1. The van der Waals surface area contributed by atoms with Crippen molar-refractivity contribution < 1.29 is 5.11 Å². The van der Waals surface area contributed by atoms with E-state index in [0.29, 0.717) is 5.75 Å². The van der Waals surface area contributed by atoms with Crippen LogP contribution in [0.5, 0.6) is 5.75 Å². The second kappa shape index (κ2) is 5.15. The number of benzene rings is 3. The first-order chi connectivity index (χ1) is 10.8. The molecule has 0 radical (unpaired) electrons. The van der Waals surface area contributed by atoms with Crippen molar-refractivity contribution in [1.82, 2.24) is 0 Å². The van der Waals surface area contributed by atoms with Crippen LogP contribution in [0.15, 0.2) is 60.7 Å². The highest BCUT2D eigenvalue weighted by Crippen LogP contribution is 2.36. The second-order valence-electron chi connectivity index (χ2n) is 5.51. The summed E-state index contributed by atoms with van der Waals surface area (Å²) in [6.45, 7) is 2.06. The molecule has 0 unspecified atom stereocenters. The van der Waals surface area contributed by atoms with Crippen molar-refractivity contribution in [2.45, 2.75) is 13.3 Å². The van der Waals surface area contributed by atoms with E-state index in [1.807, 2.05) is 17.4 Å². The van der Waals surface area contributed by atoms with E-state index >= 15 is 0 Å². The van der Waals surface area contributed by atoms with Gasteiger partial charge in [-0.05, 0) is 47.4 Å². The van der Waals surface area contributed by atoms with E-state index in [-0.39, 0.29) is 0 Å². The molecule has 108 valence electrons. The Balaban J connectivity index is 1.90. The van der Waals surface area contributed by atoms with Crippen molar-refractivity contribution in [3.8, 4) is 16.9 Å². The molecule has 0 aliphatic heterocycles. The average molecular weight is 304 g/mol. The van der Waals surface area contributed by atoms with Crippen molar-refractivity contribution in [1.29, 1.82) is 0 Å². The van der Waals surface area contributed by atoms with E-state index in [2.05, 4.69) is 55.5 Å². The van der Waals surface area contributed by atoms with Gasteiger partial charge in [-0.15, -0.1) is 11.3 Å². The molecule has 0 atom stereocenters. The summed E-state index contributed by atoms with van der Waals surface area (Å²) in [6, 6.07) is 21.1. The van der Waals surface area contributed by atoms with Crippen LogP contribution in [0.4, 0.5) is 0 Å². The largest absolute Gasteiger partial charge is 0.508 e. The first-order valence-corrected chi connectivity index (χ1v) is 8.31. The molecule has 1 N–H and O–H groups in total. The monoisotopic (exact) mass is 304 g/mol. The minimum absolute atomic E-state index is 0.384. The molecule has 0 saturated heterocycles. The van der Waals surface area contributed by atoms with Gasteiger partial charge < -0.3 is 5.11 Å². The first kappa shape index (κ1) is 13.4. The Labute approximate surface area is 133 Å². The molecule has 0 aliphatic carbocycles. The molecule has 1 nitrogen and oxygen atoms in total. The van der Waals surface area contributed by atoms with Crippen LogP contribution in [0.2, 0.25) is 0 Å². The summed E-state index contributed by atoms with van der Waals surface area (Å²) in [7, 11) is 0. The van der Waals surface area contributed by atoms with Crippen LogP contribution >= 0.6 is 11.3 Å². The van der Waals surface area contributed by atoms with E-state index in [9.17, 15) is 5.11 Å². The van der Waals surface area contributed by atoms with Crippen LogP contribution in [0.1, 0.15) is 12.5 Å². The van der Waals surface area contributed by atoms with Gasteiger partial charge in [-0.1, -0.05) is 43.3 Å². The Morgan fingerprint density at radius 2 is 1.55 bits per heavy atom. The fraction of sp³-hybridized carbons (Fsp3) is 0.100. The molecule has 4 aromatic rings. The predicted molar refractivity (Wildman–Crippen MR) is 95.8 cm³/mol. The summed E-state index contributed by atoms with van der Waals surface area (Å²) in [5, 5.41) is 12.5. The third-order valence-electron chi connectivity index (χ3n) is 4.17. The molecule has 0 aliphatic rings. The van der Waals surface area contributed by atoms with Gasteiger partial charge in [0.05, 0.1) is 0 Å². The highest BCUT2D eigenvalue weighted by Gasteiger charge is 2.07. The lowest BCUT2D eigenvalue weighted by atomic mass is 10.00. The quantitative estimate of drug-likeness (QED) is 0.482. The summed E-state index contributed by atoms with van der Waals surface area (Å²) in [4.78, 5) is 0. The van der Waals surface area contributed by atoms with Crippen molar-refractivity contribution in [3.05, 3.63) is 66.2 Å². The van der Waals surface area contributed by atoms with Crippen molar-refractivity contribution in [2.75, 3.05) is 0 Å².